The summed E-state index contributed by atoms with van der Waals surface area (Å²) in [7, 11) is 1.15. The van der Waals surface area contributed by atoms with Crippen LogP contribution in [-0.2, 0) is 10.3 Å². The minimum absolute atomic E-state index is 0.0817. The number of esters is 1. The first-order chi connectivity index (χ1) is 11.2. The lowest BCUT2D eigenvalue weighted by Gasteiger charge is -2.22. The summed E-state index contributed by atoms with van der Waals surface area (Å²) in [6, 6.07) is 7.39. The average Bonchev–Trinajstić information content (AvgIpc) is 2.99. The molecule has 0 amide bonds. The van der Waals surface area contributed by atoms with Crippen LogP contribution in [0.2, 0.25) is 0 Å². The Morgan fingerprint density at radius 2 is 2.12 bits per heavy atom. The zero-order valence-corrected chi connectivity index (χ0v) is 13.5. The molecule has 1 aromatic heterocycles. The molecule has 1 aromatic carbocycles. The van der Waals surface area contributed by atoms with Crippen LogP contribution in [0.3, 0.4) is 0 Å². The van der Waals surface area contributed by atoms with E-state index in [1.807, 2.05) is 0 Å². The normalized spacial score (nSPS) is 13.2. The zero-order chi connectivity index (χ0) is 17.9. The van der Waals surface area contributed by atoms with Crippen molar-refractivity contribution in [2.24, 2.45) is 0 Å². The van der Waals surface area contributed by atoms with Crippen molar-refractivity contribution < 1.29 is 24.0 Å². The Labute approximate surface area is 138 Å². The van der Waals surface area contributed by atoms with E-state index in [0.717, 1.165) is 7.11 Å². The second-order valence-corrected chi connectivity index (χ2v) is 5.52. The fourth-order valence-corrected chi connectivity index (χ4v) is 2.16. The summed E-state index contributed by atoms with van der Waals surface area (Å²) in [5.41, 5.74) is -1.37. The fraction of sp³-hybridized carbons (Fsp3) is 0.312. The first-order valence-corrected chi connectivity index (χ1v) is 7.14. The van der Waals surface area contributed by atoms with E-state index in [9.17, 15) is 20.0 Å². The maximum absolute atomic E-state index is 11.7. The number of nitro groups is 1. The number of nitro benzene ring substituents is 1. The van der Waals surface area contributed by atoms with Gasteiger partial charge in [-0.25, -0.2) is 4.79 Å². The van der Waals surface area contributed by atoms with E-state index in [2.05, 4.69) is 10.1 Å². The second-order valence-electron chi connectivity index (χ2n) is 5.52. The van der Waals surface area contributed by atoms with Crippen molar-refractivity contribution in [1.82, 2.24) is 0 Å². The average molecular weight is 334 g/mol. The molecule has 1 heterocycles. The van der Waals surface area contributed by atoms with Crippen LogP contribution >= 0.6 is 0 Å². The van der Waals surface area contributed by atoms with E-state index in [1.54, 1.807) is 26.0 Å². The van der Waals surface area contributed by atoms with Gasteiger partial charge in [0.15, 0.2) is 0 Å². The Hall–Kier alpha value is -2.87. The highest BCUT2D eigenvalue weighted by Crippen LogP contribution is 2.26. The smallest absolute Gasteiger partial charge is 0.344 e. The summed E-state index contributed by atoms with van der Waals surface area (Å²) in [5, 5.41) is 24.4. The lowest BCUT2D eigenvalue weighted by molar-refractivity contribution is -0.385. The number of furan rings is 1. The number of benzene rings is 1. The molecule has 0 radical (unpaired) electrons. The number of hydrogen-bond donors (Lipinski definition) is 2. The molecule has 0 spiro atoms. The Bertz CT molecular complexity index is 766. The van der Waals surface area contributed by atoms with Gasteiger partial charge < -0.3 is 19.6 Å². The quantitative estimate of drug-likeness (QED) is 0.474. The number of ether oxygens (including phenoxy) is 1. The van der Waals surface area contributed by atoms with Gasteiger partial charge in [-0.05, 0) is 38.1 Å². The molecule has 2 aromatic rings. The number of rotatable bonds is 6. The van der Waals surface area contributed by atoms with Crippen LogP contribution < -0.4 is 5.32 Å². The predicted molar refractivity (Wildman–Crippen MR) is 85.9 cm³/mol. The van der Waals surface area contributed by atoms with E-state index in [1.165, 1.54) is 18.2 Å². The molecular formula is C16H18N2O6. The van der Waals surface area contributed by atoms with Gasteiger partial charge in [-0.2, -0.15) is 0 Å². The maximum Gasteiger partial charge on any atom is 0.344 e. The number of carbonyl (C=O) groups excluding carboxylic acids is 1. The molecule has 8 nitrogen and oxygen atoms in total. The van der Waals surface area contributed by atoms with Gasteiger partial charge in [0.05, 0.1) is 18.6 Å². The highest BCUT2D eigenvalue weighted by molar-refractivity contribution is 5.95. The van der Waals surface area contributed by atoms with Gasteiger partial charge in [0.25, 0.3) is 5.69 Å². The number of carbonyl (C=O) groups is 1. The number of hydrogen-bond acceptors (Lipinski definition) is 7. The van der Waals surface area contributed by atoms with Gasteiger partial charge in [-0.1, -0.05) is 0 Å². The molecule has 8 heteroatoms. The first kappa shape index (κ1) is 17.5. The number of methoxy groups -OCH3 is 1. The minimum atomic E-state index is -1.29. The standard InChI is InChI=1S/C16H18N2O6/c1-10-4-7-14(24-10)16(2,20)9-17-11-5-6-13(18(21)22)12(8-11)15(19)23-3/h4-8,17,20H,9H2,1-3H3. The predicted octanol–water partition coefficient (Wildman–Crippen LogP) is 2.60. The van der Waals surface area contributed by atoms with Crippen molar-refractivity contribution in [2.45, 2.75) is 19.4 Å². The molecule has 0 aliphatic heterocycles. The van der Waals surface area contributed by atoms with Crippen LogP contribution in [0.15, 0.2) is 34.7 Å². The third-order valence-electron chi connectivity index (χ3n) is 3.51. The zero-order valence-electron chi connectivity index (χ0n) is 13.5. The highest BCUT2D eigenvalue weighted by atomic mass is 16.6. The van der Waals surface area contributed by atoms with Gasteiger partial charge in [-0.15, -0.1) is 0 Å². The van der Waals surface area contributed by atoms with E-state index in [4.69, 9.17) is 4.42 Å². The Kier molecular flexibility index (Phi) is 4.89. The third-order valence-corrected chi connectivity index (χ3v) is 3.51. The van der Waals surface area contributed by atoms with Crippen LogP contribution in [0.1, 0.15) is 28.8 Å². The summed E-state index contributed by atoms with van der Waals surface area (Å²) < 4.78 is 9.98. The SMILES string of the molecule is COC(=O)c1cc(NCC(C)(O)c2ccc(C)o2)ccc1[N+](=O)[O-]. The Morgan fingerprint density at radius 3 is 2.67 bits per heavy atom. The van der Waals surface area contributed by atoms with Crippen LogP contribution in [0.25, 0.3) is 0 Å². The van der Waals surface area contributed by atoms with Crippen LogP contribution in [0.4, 0.5) is 11.4 Å². The largest absolute Gasteiger partial charge is 0.465 e. The molecular weight excluding hydrogens is 316 g/mol. The lowest BCUT2D eigenvalue weighted by Crippen LogP contribution is -2.30. The van der Waals surface area contributed by atoms with E-state index < -0.39 is 16.5 Å². The molecule has 128 valence electrons. The third kappa shape index (κ3) is 3.72. The number of nitrogens with zero attached hydrogens (tertiary/aromatic N) is 1. The second kappa shape index (κ2) is 6.71. The summed E-state index contributed by atoms with van der Waals surface area (Å²) in [4.78, 5) is 22.0. The summed E-state index contributed by atoms with van der Waals surface area (Å²) >= 11 is 0. The van der Waals surface area contributed by atoms with Gasteiger partial charge >= 0.3 is 5.97 Å². The number of aliphatic hydroxyl groups is 1. The molecule has 0 fully saturated rings. The van der Waals surface area contributed by atoms with E-state index in [0.29, 0.717) is 17.2 Å². The molecule has 0 saturated carbocycles. The van der Waals surface area contributed by atoms with Crippen molar-refractivity contribution >= 4 is 17.3 Å². The minimum Gasteiger partial charge on any atom is -0.465 e. The molecule has 0 saturated heterocycles. The van der Waals surface area contributed by atoms with E-state index >= 15 is 0 Å². The summed E-state index contributed by atoms with van der Waals surface area (Å²) in [5.74, 6) is 0.259. The summed E-state index contributed by atoms with van der Waals surface area (Å²) in [6.07, 6.45) is 0. The molecule has 1 unspecified atom stereocenters. The van der Waals surface area contributed by atoms with Crippen molar-refractivity contribution in [3.63, 3.8) is 0 Å². The first-order valence-electron chi connectivity index (χ1n) is 7.14. The van der Waals surface area contributed by atoms with Crippen molar-refractivity contribution in [1.29, 1.82) is 0 Å². The lowest BCUT2D eigenvalue weighted by atomic mass is 10.0. The van der Waals surface area contributed by atoms with Crippen molar-refractivity contribution in [3.05, 3.63) is 57.5 Å². The number of nitrogens with one attached hydrogen (secondary N) is 1. The van der Waals surface area contributed by atoms with Gasteiger partial charge in [0.1, 0.15) is 22.7 Å². The Morgan fingerprint density at radius 1 is 1.42 bits per heavy atom. The number of anilines is 1. The van der Waals surface area contributed by atoms with Crippen molar-refractivity contribution in [2.75, 3.05) is 19.0 Å². The highest BCUT2D eigenvalue weighted by Gasteiger charge is 2.27. The van der Waals surface area contributed by atoms with Gasteiger partial charge in [0.2, 0.25) is 0 Å². The summed E-state index contributed by atoms with van der Waals surface area (Å²) in [6.45, 7) is 3.43. The Balaban J connectivity index is 2.21. The topological polar surface area (TPSA) is 115 Å². The molecule has 24 heavy (non-hydrogen) atoms. The van der Waals surface area contributed by atoms with Crippen LogP contribution in [0, 0.1) is 17.0 Å². The molecule has 0 bridgehead atoms. The monoisotopic (exact) mass is 334 g/mol. The molecule has 2 N–H and O–H groups in total. The molecule has 2 rings (SSSR count). The van der Waals surface area contributed by atoms with Gasteiger partial charge in [-0.3, -0.25) is 10.1 Å². The van der Waals surface area contributed by atoms with E-state index in [-0.39, 0.29) is 17.8 Å². The van der Waals surface area contributed by atoms with Crippen LogP contribution in [0.5, 0.6) is 0 Å². The van der Waals surface area contributed by atoms with Crippen molar-refractivity contribution in [3.8, 4) is 0 Å². The molecule has 0 aliphatic carbocycles. The molecule has 0 aliphatic rings. The molecule has 1 atom stereocenters. The maximum atomic E-state index is 11.7. The fourth-order valence-electron chi connectivity index (χ4n) is 2.16. The van der Waals surface area contributed by atoms with Gasteiger partial charge in [0, 0.05) is 11.8 Å². The number of aryl methyl sites for hydroxylation is 1. The van der Waals surface area contributed by atoms with Crippen LogP contribution in [-0.4, -0.2) is 29.7 Å².